The second-order valence-electron chi connectivity index (χ2n) is 7.59. The normalized spacial score (nSPS) is 11.0. The van der Waals surface area contributed by atoms with E-state index in [1.165, 1.54) is 0 Å². The number of rotatable bonds is 5. The molecular weight excluding hydrogens is 452 g/mol. The molecule has 34 heavy (non-hydrogen) atoms. The molecule has 0 N–H and O–H groups in total. The van der Waals surface area contributed by atoms with E-state index in [1.54, 1.807) is 37.3 Å². The molecule has 5 rings (SSSR count). The highest BCUT2D eigenvalue weighted by Crippen LogP contribution is 2.41. The molecule has 0 saturated heterocycles. The molecule has 0 fully saturated rings. The molecule has 6 heteroatoms. The van der Waals surface area contributed by atoms with Gasteiger partial charge >= 0.3 is 11.9 Å². The van der Waals surface area contributed by atoms with Gasteiger partial charge in [-0.1, -0.05) is 66.2 Å². The lowest BCUT2D eigenvalue weighted by Gasteiger charge is -2.09. The predicted molar refractivity (Wildman–Crippen MR) is 132 cm³/mol. The van der Waals surface area contributed by atoms with Crippen molar-refractivity contribution in [3.63, 3.8) is 0 Å². The van der Waals surface area contributed by atoms with Crippen LogP contribution in [0.1, 0.15) is 27.6 Å². The number of ether oxygens (including phenoxy) is 2. The molecule has 0 unspecified atom stereocenters. The van der Waals surface area contributed by atoms with Crippen LogP contribution in [-0.2, 0) is 4.74 Å². The molecule has 0 saturated carbocycles. The van der Waals surface area contributed by atoms with Crippen molar-refractivity contribution in [1.82, 2.24) is 0 Å². The van der Waals surface area contributed by atoms with Crippen molar-refractivity contribution in [2.75, 3.05) is 6.61 Å². The van der Waals surface area contributed by atoms with Crippen molar-refractivity contribution in [3.8, 4) is 17.1 Å². The molecule has 168 valence electrons. The van der Waals surface area contributed by atoms with Crippen LogP contribution in [0.4, 0.5) is 0 Å². The molecule has 1 aromatic heterocycles. The zero-order valence-corrected chi connectivity index (χ0v) is 19.0. The zero-order valence-electron chi connectivity index (χ0n) is 18.2. The van der Waals surface area contributed by atoms with Gasteiger partial charge in [0.1, 0.15) is 22.7 Å². The maximum absolute atomic E-state index is 13.0. The highest BCUT2D eigenvalue weighted by Gasteiger charge is 2.26. The summed E-state index contributed by atoms with van der Waals surface area (Å²) in [6, 6.07) is 24.9. The van der Waals surface area contributed by atoms with Crippen LogP contribution in [0.2, 0.25) is 5.02 Å². The Bertz CT molecular complexity index is 1520. The highest BCUT2D eigenvalue weighted by molar-refractivity contribution is 6.30. The minimum absolute atomic E-state index is 0.214. The summed E-state index contributed by atoms with van der Waals surface area (Å²) in [4.78, 5) is 25.9. The van der Waals surface area contributed by atoms with Crippen LogP contribution in [0.25, 0.3) is 33.1 Å². The Morgan fingerprint density at radius 1 is 0.824 bits per heavy atom. The minimum Gasteiger partial charge on any atom is -0.462 e. The highest BCUT2D eigenvalue weighted by atomic mass is 35.5. The Morgan fingerprint density at radius 2 is 1.50 bits per heavy atom. The van der Waals surface area contributed by atoms with Gasteiger partial charge in [0, 0.05) is 26.7 Å². The number of fused-ring (bicyclic) bond motifs is 3. The molecule has 0 atom stereocenters. The fourth-order valence-corrected chi connectivity index (χ4v) is 4.04. The fraction of sp³-hybridized carbons (Fsp3) is 0.0714. The molecule has 5 aromatic rings. The van der Waals surface area contributed by atoms with Gasteiger partial charge in [0.05, 0.1) is 12.2 Å². The third kappa shape index (κ3) is 3.91. The van der Waals surface area contributed by atoms with Gasteiger partial charge in [-0.2, -0.15) is 0 Å². The van der Waals surface area contributed by atoms with Crippen molar-refractivity contribution in [3.05, 3.63) is 101 Å². The second kappa shape index (κ2) is 9.04. The van der Waals surface area contributed by atoms with Crippen molar-refractivity contribution >= 4 is 45.3 Å². The van der Waals surface area contributed by atoms with Gasteiger partial charge < -0.3 is 13.9 Å². The third-order valence-electron chi connectivity index (χ3n) is 5.46. The lowest BCUT2D eigenvalue weighted by molar-refractivity contribution is 0.0528. The Balaban J connectivity index is 1.73. The molecule has 1 heterocycles. The number of furan rings is 1. The third-order valence-corrected chi connectivity index (χ3v) is 5.71. The first-order valence-corrected chi connectivity index (χ1v) is 11.1. The van der Waals surface area contributed by atoms with E-state index in [9.17, 15) is 9.59 Å². The summed E-state index contributed by atoms with van der Waals surface area (Å²) in [7, 11) is 0. The van der Waals surface area contributed by atoms with Gasteiger partial charge in [-0.25, -0.2) is 9.59 Å². The van der Waals surface area contributed by atoms with E-state index in [0.717, 1.165) is 5.56 Å². The van der Waals surface area contributed by atoms with Crippen LogP contribution in [0, 0.1) is 0 Å². The van der Waals surface area contributed by atoms with Crippen molar-refractivity contribution in [1.29, 1.82) is 0 Å². The fourth-order valence-electron chi connectivity index (χ4n) is 3.91. The van der Waals surface area contributed by atoms with Gasteiger partial charge in [-0.05, 0) is 37.3 Å². The standard InChI is InChI=1S/C28H19ClO5/c1-2-32-28(31)24-22-16-23(33-27(30)18-12-14-19(29)15-13-18)20-10-6-7-11-21(20)26(22)34-25(24)17-8-4-3-5-9-17/h3-16H,2H2,1H3. The Hall–Kier alpha value is -4.09. The molecule has 0 radical (unpaired) electrons. The molecule has 0 spiro atoms. The van der Waals surface area contributed by atoms with E-state index in [0.29, 0.717) is 43.8 Å². The molecule has 0 amide bonds. The summed E-state index contributed by atoms with van der Waals surface area (Å²) in [5.74, 6) is -0.328. The van der Waals surface area contributed by atoms with E-state index in [4.69, 9.17) is 25.5 Å². The maximum atomic E-state index is 13.0. The van der Waals surface area contributed by atoms with Crippen LogP contribution in [0.15, 0.2) is 89.3 Å². The molecule has 5 nitrogen and oxygen atoms in total. The van der Waals surface area contributed by atoms with Crippen molar-refractivity contribution in [2.24, 2.45) is 0 Å². The zero-order chi connectivity index (χ0) is 23.7. The second-order valence-corrected chi connectivity index (χ2v) is 8.02. The van der Waals surface area contributed by atoms with E-state index in [1.807, 2.05) is 54.6 Å². The summed E-state index contributed by atoms with van der Waals surface area (Å²) in [5, 5.41) is 2.43. The summed E-state index contributed by atoms with van der Waals surface area (Å²) in [5.41, 5.74) is 1.91. The van der Waals surface area contributed by atoms with E-state index in [-0.39, 0.29) is 12.2 Å². The Morgan fingerprint density at radius 3 is 2.21 bits per heavy atom. The minimum atomic E-state index is -0.536. The van der Waals surface area contributed by atoms with Crippen LogP contribution in [-0.4, -0.2) is 18.5 Å². The van der Waals surface area contributed by atoms with Crippen LogP contribution < -0.4 is 4.74 Å². The SMILES string of the molecule is CCOC(=O)c1c(-c2ccccc2)oc2c1cc(OC(=O)c1ccc(Cl)cc1)c1ccccc12. The van der Waals surface area contributed by atoms with Crippen LogP contribution >= 0.6 is 11.6 Å². The predicted octanol–water partition coefficient (Wildman–Crippen LogP) is 7.30. The Labute approximate surface area is 200 Å². The average Bonchev–Trinajstić information content (AvgIpc) is 3.25. The summed E-state index contributed by atoms with van der Waals surface area (Å²) >= 11 is 5.94. The maximum Gasteiger partial charge on any atom is 0.343 e. The van der Waals surface area contributed by atoms with Gasteiger partial charge in [-0.3, -0.25) is 0 Å². The number of halogens is 1. The lowest BCUT2D eigenvalue weighted by Crippen LogP contribution is -2.09. The van der Waals surface area contributed by atoms with Gasteiger partial charge in [0.15, 0.2) is 0 Å². The number of esters is 2. The van der Waals surface area contributed by atoms with E-state index >= 15 is 0 Å². The van der Waals surface area contributed by atoms with Crippen LogP contribution in [0.3, 0.4) is 0 Å². The number of benzene rings is 4. The van der Waals surface area contributed by atoms with Crippen molar-refractivity contribution in [2.45, 2.75) is 6.92 Å². The molecule has 0 aliphatic heterocycles. The largest absolute Gasteiger partial charge is 0.462 e. The smallest absolute Gasteiger partial charge is 0.343 e. The molecular formula is C28H19ClO5. The summed E-state index contributed by atoms with van der Waals surface area (Å²) in [6.45, 7) is 1.96. The molecule has 4 aromatic carbocycles. The quantitative estimate of drug-likeness (QED) is 0.199. The van der Waals surface area contributed by atoms with E-state index in [2.05, 4.69) is 0 Å². The monoisotopic (exact) mass is 470 g/mol. The Kier molecular flexibility index (Phi) is 5.78. The topological polar surface area (TPSA) is 65.7 Å². The average molecular weight is 471 g/mol. The number of hydrogen-bond acceptors (Lipinski definition) is 5. The number of hydrogen-bond donors (Lipinski definition) is 0. The first-order chi connectivity index (χ1) is 16.6. The summed E-state index contributed by atoms with van der Waals surface area (Å²) in [6.07, 6.45) is 0. The molecule has 0 aliphatic carbocycles. The van der Waals surface area contributed by atoms with Gasteiger partial charge in [0.2, 0.25) is 0 Å². The number of carbonyl (C=O) groups excluding carboxylic acids is 2. The number of carbonyl (C=O) groups is 2. The van der Waals surface area contributed by atoms with E-state index < -0.39 is 11.9 Å². The first kappa shape index (κ1) is 21.7. The van der Waals surface area contributed by atoms with Gasteiger partial charge in [-0.15, -0.1) is 0 Å². The van der Waals surface area contributed by atoms with Gasteiger partial charge in [0.25, 0.3) is 0 Å². The van der Waals surface area contributed by atoms with Crippen molar-refractivity contribution < 1.29 is 23.5 Å². The molecule has 0 bridgehead atoms. The molecule has 0 aliphatic rings. The first-order valence-electron chi connectivity index (χ1n) is 10.8. The summed E-state index contributed by atoms with van der Waals surface area (Å²) < 4.78 is 17.4. The van der Waals surface area contributed by atoms with Crippen LogP contribution in [0.5, 0.6) is 5.75 Å². The lowest BCUT2D eigenvalue weighted by atomic mass is 10.0.